The Balaban J connectivity index is 1.86. The molecule has 3 rings (SSSR count). The van der Waals surface area contributed by atoms with Crippen LogP contribution in [0.5, 0.6) is 5.75 Å². The molecule has 25 heavy (non-hydrogen) atoms. The lowest BCUT2D eigenvalue weighted by Crippen LogP contribution is -2.16. The van der Waals surface area contributed by atoms with Crippen molar-refractivity contribution in [2.24, 2.45) is 0 Å². The Kier molecular flexibility index (Phi) is 4.85. The molecule has 0 aliphatic rings. The third-order valence-electron chi connectivity index (χ3n) is 3.82. The number of rotatable bonds is 6. The summed E-state index contributed by atoms with van der Waals surface area (Å²) in [6, 6.07) is 10.4. The molecule has 1 aromatic carbocycles. The normalized spacial score (nSPS) is 10.7. The molecule has 2 N–H and O–H groups in total. The van der Waals surface area contributed by atoms with Crippen LogP contribution in [0.4, 0.5) is 5.82 Å². The van der Waals surface area contributed by atoms with E-state index in [-0.39, 0.29) is 19.1 Å². The van der Waals surface area contributed by atoms with E-state index in [0.29, 0.717) is 22.8 Å². The number of ether oxygens (including phenoxy) is 1. The second kappa shape index (κ2) is 7.23. The van der Waals surface area contributed by atoms with E-state index in [1.54, 1.807) is 48.4 Å². The van der Waals surface area contributed by atoms with Crippen molar-refractivity contribution >= 4 is 11.7 Å². The van der Waals surface area contributed by atoms with Crippen molar-refractivity contribution in [3.05, 3.63) is 54.0 Å². The first-order valence-corrected chi connectivity index (χ1v) is 7.81. The van der Waals surface area contributed by atoms with Crippen molar-refractivity contribution in [2.45, 2.75) is 13.5 Å². The van der Waals surface area contributed by atoms with E-state index in [9.17, 15) is 9.90 Å². The van der Waals surface area contributed by atoms with Gasteiger partial charge < -0.3 is 19.6 Å². The Morgan fingerprint density at radius 1 is 1.32 bits per heavy atom. The molecule has 2 aromatic heterocycles. The highest BCUT2D eigenvalue weighted by Gasteiger charge is 2.15. The van der Waals surface area contributed by atoms with E-state index in [2.05, 4.69) is 10.4 Å². The van der Waals surface area contributed by atoms with Crippen molar-refractivity contribution < 1.29 is 19.1 Å². The number of aromatic nitrogens is 2. The third-order valence-corrected chi connectivity index (χ3v) is 3.82. The Morgan fingerprint density at radius 2 is 2.08 bits per heavy atom. The summed E-state index contributed by atoms with van der Waals surface area (Å²) in [6.45, 7) is 2.03. The number of aliphatic hydroxyl groups is 1. The molecule has 3 aromatic rings. The molecule has 0 saturated carbocycles. The van der Waals surface area contributed by atoms with Gasteiger partial charge in [0.2, 0.25) is 0 Å². The summed E-state index contributed by atoms with van der Waals surface area (Å²) in [7, 11) is 1.57. The minimum absolute atomic E-state index is 0.0864. The Morgan fingerprint density at radius 3 is 2.68 bits per heavy atom. The Labute approximate surface area is 144 Å². The van der Waals surface area contributed by atoms with Gasteiger partial charge >= 0.3 is 0 Å². The number of hydrogen-bond acceptors (Lipinski definition) is 5. The van der Waals surface area contributed by atoms with Gasteiger partial charge in [0, 0.05) is 17.2 Å². The van der Waals surface area contributed by atoms with Crippen LogP contribution in [0.3, 0.4) is 0 Å². The Bertz CT molecular complexity index is 865. The zero-order valence-corrected chi connectivity index (χ0v) is 14.0. The van der Waals surface area contributed by atoms with Crippen LogP contribution in [0.2, 0.25) is 0 Å². The fourth-order valence-corrected chi connectivity index (χ4v) is 2.50. The van der Waals surface area contributed by atoms with Gasteiger partial charge in [-0.2, -0.15) is 5.10 Å². The highest BCUT2D eigenvalue weighted by atomic mass is 16.5. The molecule has 0 unspecified atom stereocenters. The number of aryl methyl sites for hydroxylation is 1. The highest BCUT2D eigenvalue weighted by molar-refractivity contribution is 6.04. The maximum absolute atomic E-state index is 12.5. The molecule has 0 saturated heterocycles. The van der Waals surface area contributed by atoms with Gasteiger partial charge in [-0.15, -0.1) is 0 Å². The Hall–Kier alpha value is -3.06. The second-order valence-electron chi connectivity index (χ2n) is 5.43. The van der Waals surface area contributed by atoms with E-state index in [1.165, 1.54) is 0 Å². The van der Waals surface area contributed by atoms with E-state index >= 15 is 0 Å². The molecular weight excluding hydrogens is 322 g/mol. The van der Waals surface area contributed by atoms with Crippen LogP contribution in [-0.2, 0) is 6.54 Å². The monoisotopic (exact) mass is 341 g/mol. The van der Waals surface area contributed by atoms with Crippen molar-refractivity contribution in [1.82, 2.24) is 9.78 Å². The van der Waals surface area contributed by atoms with E-state index in [4.69, 9.17) is 9.15 Å². The number of carbonyl (C=O) groups excluding carboxylic acids is 1. The summed E-state index contributed by atoms with van der Waals surface area (Å²) in [5.41, 5.74) is 2.01. The molecule has 0 atom stereocenters. The standard InChI is InChI=1S/C18H19N3O4/c1-12-15(7-10-25-12)16-11-17(21(20-16)8-9-22)19-18(23)13-3-5-14(24-2)6-4-13/h3-7,10-11,22H,8-9H2,1-2H3,(H,19,23). The molecule has 7 nitrogen and oxygen atoms in total. The first-order valence-electron chi connectivity index (χ1n) is 7.81. The van der Waals surface area contributed by atoms with Crippen molar-refractivity contribution in [1.29, 1.82) is 0 Å². The number of aliphatic hydroxyl groups excluding tert-OH is 1. The minimum atomic E-state index is -0.266. The van der Waals surface area contributed by atoms with Crippen LogP contribution in [-0.4, -0.2) is 34.5 Å². The summed E-state index contributed by atoms with van der Waals surface area (Å²) >= 11 is 0. The van der Waals surface area contributed by atoms with Crippen molar-refractivity contribution in [3.63, 3.8) is 0 Å². The zero-order valence-electron chi connectivity index (χ0n) is 14.0. The van der Waals surface area contributed by atoms with Gasteiger partial charge in [0.1, 0.15) is 17.3 Å². The lowest BCUT2D eigenvalue weighted by atomic mass is 10.2. The van der Waals surface area contributed by atoms with E-state index in [0.717, 1.165) is 11.3 Å². The number of furan rings is 1. The molecule has 0 radical (unpaired) electrons. The summed E-state index contributed by atoms with van der Waals surface area (Å²) in [4.78, 5) is 12.5. The summed E-state index contributed by atoms with van der Waals surface area (Å²) in [5.74, 6) is 1.66. The maximum atomic E-state index is 12.5. The smallest absolute Gasteiger partial charge is 0.256 e. The predicted molar refractivity (Wildman–Crippen MR) is 92.7 cm³/mol. The first-order chi connectivity index (χ1) is 12.1. The summed E-state index contributed by atoms with van der Waals surface area (Å²) in [5, 5.41) is 16.5. The topological polar surface area (TPSA) is 89.5 Å². The number of nitrogens with one attached hydrogen (secondary N) is 1. The second-order valence-corrected chi connectivity index (χ2v) is 5.43. The summed E-state index contributed by atoms with van der Waals surface area (Å²) < 4.78 is 12.0. The first kappa shape index (κ1) is 16.8. The van der Waals surface area contributed by atoms with Gasteiger partial charge in [0.25, 0.3) is 5.91 Å². The molecule has 0 aliphatic carbocycles. The number of carbonyl (C=O) groups is 1. The fourth-order valence-electron chi connectivity index (χ4n) is 2.50. The van der Waals surface area contributed by atoms with Crippen LogP contribution in [0.25, 0.3) is 11.3 Å². The third kappa shape index (κ3) is 3.56. The largest absolute Gasteiger partial charge is 0.497 e. The van der Waals surface area contributed by atoms with Crippen LogP contribution in [0.1, 0.15) is 16.1 Å². The lowest BCUT2D eigenvalue weighted by molar-refractivity contribution is 0.102. The average Bonchev–Trinajstić information content (AvgIpc) is 3.21. The molecule has 0 aliphatic heterocycles. The molecule has 1 amide bonds. The molecule has 7 heteroatoms. The molecule has 0 fully saturated rings. The van der Waals surface area contributed by atoms with Crippen molar-refractivity contribution in [3.8, 4) is 17.0 Å². The van der Waals surface area contributed by atoms with Gasteiger partial charge in [-0.3, -0.25) is 4.79 Å². The number of hydrogen-bond donors (Lipinski definition) is 2. The minimum Gasteiger partial charge on any atom is -0.497 e. The number of nitrogens with zero attached hydrogens (tertiary/aromatic N) is 2. The quantitative estimate of drug-likeness (QED) is 0.719. The predicted octanol–water partition coefficient (Wildman–Crippen LogP) is 2.70. The molecule has 0 spiro atoms. The SMILES string of the molecule is COc1ccc(C(=O)Nc2cc(-c3ccoc3C)nn2CCO)cc1. The number of anilines is 1. The van der Waals surface area contributed by atoms with Crippen molar-refractivity contribution in [2.75, 3.05) is 19.0 Å². The maximum Gasteiger partial charge on any atom is 0.256 e. The molecule has 130 valence electrons. The van der Waals surface area contributed by atoms with Gasteiger partial charge in [-0.05, 0) is 37.3 Å². The number of benzene rings is 1. The van der Waals surface area contributed by atoms with Gasteiger partial charge in [-0.25, -0.2) is 4.68 Å². The number of amides is 1. The number of methoxy groups -OCH3 is 1. The van der Waals surface area contributed by atoms with E-state index in [1.807, 2.05) is 13.0 Å². The van der Waals surface area contributed by atoms with Gasteiger partial charge in [0.05, 0.1) is 32.2 Å². The van der Waals surface area contributed by atoms with Crippen LogP contribution >= 0.6 is 0 Å². The van der Waals surface area contributed by atoms with Gasteiger partial charge in [0.15, 0.2) is 0 Å². The van der Waals surface area contributed by atoms with Crippen LogP contribution < -0.4 is 10.1 Å². The molecule has 0 bridgehead atoms. The fraction of sp³-hybridized carbons (Fsp3) is 0.222. The summed E-state index contributed by atoms with van der Waals surface area (Å²) in [6.07, 6.45) is 1.59. The molecule has 2 heterocycles. The average molecular weight is 341 g/mol. The van der Waals surface area contributed by atoms with Crippen LogP contribution in [0.15, 0.2) is 47.1 Å². The molecular formula is C18H19N3O4. The highest BCUT2D eigenvalue weighted by Crippen LogP contribution is 2.26. The lowest BCUT2D eigenvalue weighted by Gasteiger charge is -2.08. The van der Waals surface area contributed by atoms with E-state index < -0.39 is 0 Å². The van der Waals surface area contributed by atoms with Crippen LogP contribution in [0, 0.1) is 6.92 Å². The van der Waals surface area contributed by atoms with Gasteiger partial charge in [-0.1, -0.05) is 0 Å². The zero-order chi connectivity index (χ0) is 17.8.